The van der Waals surface area contributed by atoms with Crippen molar-refractivity contribution in [1.82, 2.24) is 4.57 Å². The Labute approximate surface area is 147 Å². The lowest BCUT2D eigenvalue weighted by Crippen LogP contribution is -2.37. The average Bonchev–Trinajstić information content (AvgIpc) is 2.98. The predicted octanol–water partition coefficient (Wildman–Crippen LogP) is 3.10. The first-order valence-corrected chi connectivity index (χ1v) is 8.43. The Balaban J connectivity index is 1.98. The van der Waals surface area contributed by atoms with Gasteiger partial charge >= 0.3 is 5.97 Å². The van der Waals surface area contributed by atoms with Crippen LogP contribution in [0.15, 0.2) is 30.5 Å². The zero-order chi connectivity index (χ0) is 18.0. The summed E-state index contributed by atoms with van der Waals surface area (Å²) in [6.45, 7) is 3.30. The largest absolute Gasteiger partial charge is 0.464 e. The highest BCUT2D eigenvalue weighted by Gasteiger charge is 2.22. The Hall–Kier alpha value is -2.94. The van der Waals surface area contributed by atoms with Gasteiger partial charge in [0.25, 0.3) is 0 Å². The van der Waals surface area contributed by atoms with Crippen LogP contribution in [0, 0.1) is 11.3 Å². The molecule has 2 heterocycles. The van der Waals surface area contributed by atoms with Gasteiger partial charge in [-0.2, -0.15) is 5.26 Å². The Morgan fingerprint density at radius 3 is 2.56 bits per heavy atom. The lowest BCUT2D eigenvalue weighted by Gasteiger charge is -2.35. The van der Waals surface area contributed by atoms with Gasteiger partial charge in [0.05, 0.1) is 18.4 Å². The third-order valence-electron chi connectivity index (χ3n) is 4.81. The Bertz CT molecular complexity index is 817. The Morgan fingerprint density at radius 2 is 1.96 bits per heavy atom. The molecular formula is C19H22N4O2. The van der Waals surface area contributed by atoms with E-state index < -0.39 is 5.97 Å². The van der Waals surface area contributed by atoms with Gasteiger partial charge in [-0.1, -0.05) is 0 Å². The first-order chi connectivity index (χ1) is 12.1. The molecule has 2 aromatic rings. The van der Waals surface area contributed by atoms with Crippen LogP contribution in [0.25, 0.3) is 5.69 Å². The van der Waals surface area contributed by atoms with Crippen molar-refractivity contribution in [3.63, 3.8) is 0 Å². The molecule has 1 saturated heterocycles. The standard InChI is InChI=1S/C19H22N4O2/c1-13-5-3-4-10-22(13)15-6-8-16(9-7-15)23-12-14(11-20)17(21)18(23)19(24)25-2/h6-9,12-13H,3-5,10,21H2,1-2H3. The monoisotopic (exact) mass is 338 g/mol. The number of rotatable bonds is 3. The highest BCUT2D eigenvalue weighted by Crippen LogP contribution is 2.28. The molecule has 1 fully saturated rings. The Morgan fingerprint density at radius 1 is 1.28 bits per heavy atom. The van der Waals surface area contributed by atoms with Crippen molar-refractivity contribution in [2.75, 3.05) is 24.3 Å². The molecule has 1 atom stereocenters. The number of nitrogens with zero attached hydrogens (tertiary/aromatic N) is 3. The molecule has 6 heteroatoms. The molecule has 130 valence electrons. The first kappa shape index (κ1) is 16.9. The van der Waals surface area contributed by atoms with Gasteiger partial charge in [0.1, 0.15) is 6.07 Å². The van der Waals surface area contributed by atoms with Crippen LogP contribution in [-0.4, -0.2) is 30.2 Å². The second kappa shape index (κ2) is 6.89. The molecule has 1 aromatic carbocycles. The number of nitrogens with two attached hydrogens (primary N) is 1. The average molecular weight is 338 g/mol. The molecule has 0 aliphatic carbocycles. The van der Waals surface area contributed by atoms with Crippen LogP contribution in [0.4, 0.5) is 11.4 Å². The topological polar surface area (TPSA) is 84.3 Å². The fourth-order valence-electron chi connectivity index (χ4n) is 3.40. The number of aromatic nitrogens is 1. The quantitative estimate of drug-likeness (QED) is 0.869. The molecule has 3 rings (SSSR count). The highest BCUT2D eigenvalue weighted by molar-refractivity contribution is 5.95. The van der Waals surface area contributed by atoms with E-state index in [1.54, 1.807) is 10.8 Å². The third kappa shape index (κ3) is 3.05. The summed E-state index contributed by atoms with van der Waals surface area (Å²) in [4.78, 5) is 14.5. The summed E-state index contributed by atoms with van der Waals surface area (Å²) in [6.07, 6.45) is 5.25. The van der Waals surface area contributed by atoms with E-state index in [1.165, 1.54) is 26.4 Å². The fourth-order valence-corrected chi connectivity index (χ4v) is 3.40. The lowest BCUT2D eigenvalue weighted by atomic mass is 10.0. The van der Waals surface area contributed by atoms with Crippen LogP contribution in [0.1, 0.15) is 42.2 Å². The van der Waals surface area contributed by atoms with Gasteiger partial charge in [0.15, 0.2) is 5.69 Å². The second-order valence-corrected chi connectivity index (χ2v) is 6.33. The van der Waals surface area contributed by atoms with Crippen molar-refractivity contribution in [3.05, 3.63) is 41.7 Å². The number of anilines is 2. The molecule has 25 heavy (non-hydrogen) atoms. The number of benzene rings is 1. The maximum absolute atomic E-state index is 12.1. The van der Waals surface area contributed by atoms with E-state index in [2.05, 4.69) is 11.8 Å². The van der Waals surface area contributed by atoms with Gasteiger partial charge in [0.2, 0.25) is 0 Å². The minimum Gasteiger partial charge on any atom is -0.464 e. The summed E-state index contributed by atoms with van der Waals surface area (Å²) in [6, 6.07) is 10.5. The summed E-state index contributed by atoms with van der Waals surface area (Å²) in [5.74, 6) is -0.562. The van der Waals surface area contributed by atoms with Gasteiger partial charge in [0, 0.05) is 30.2 Å². The molecule has 1 aliphatic heterocycles. The number of nitriles is 1. The van der Waals surface area contributed by atoms with Crippen molar-refractivity contribution < 1.29 is 9.53 Å². The van der Waals surface area contributed by atoms with Crippen molar-refractivity contribution in [2.45, 2.75) is 32.2 Å². The van der Waals surface area contributed by atoms with Crippen molar-refractivity contribution in [3.8, 4) is 11.8 Å². The van der Waals surface area contributed by atoms with Gasteiger partial charge in [-0.15, -0.1) is 0 Å². The van der Waals surface area contributed by atoms with Crippen molar-refractivity contribution in [2.24, 2.45) is 0 Å². The molecule has 1 aromatic heterocycles. The molecule has 6 nitrogen and oxygen atoms in total. The van der Waals surface area contributed by atoms with Crippen LogP contribution in [0.3, 0.4) is 0 Å². The number of carbonyl (C=O) groups is 1. The number of piperidine rings is 1. The molecule has 2 N–H and O–H groups in total. The number of hydrogen-bond acceptors (Lipinski definition) is 5. The van der Waals surface area contributed by atoms with Crippen molar-refractivity contribution in [1.29, 1.82) is 5.26 Å². The summed E-state index contributed by atoms with van der Waals surface area (Å²) < 4.78 is 6.43. The zero-order valence-electron chi connectivity index (χ0n) is 14.5. The molecular weight excluding hydrogens is 316 g/mol. The van der Waals surface area contributed by atoms with Gasteiger partial charge < -0.3 is 19.9 Å². The normalized spacial score (nSPS) is 17.2. The number of methoxy groups -OCH3 is 1. The third-order valence-corrected chi connectivity index (χ3v) is 4.81. The molecule has 0 bridgehead atoms. The van der Waals surface area contributed by atoms with Crippen LogP contribution >= 0.6 is 0 Å². The number of esters is 1. The van der Waals surface area contributed by atoms with E-state index in [1.807, 2.05) is 30.3 Å². The summed E-state index contributed by atoms with van der Waals surface area (Å²) >= 11 is 0. The minimum absolute atomic E-state index is 0.142. The highest BCUT2D eigenvalue weighted by atomic mass is 16.5. The van der Waals surface area contributed by atoms with Gasteiger partial charge in [-0.25, -0.2) is 4.79 Å². The zero-order valence-corrected chi connectivity index (χ0v) is 14.5. The van der Waals surface area contributed by atoms with Gasteiger partial charge in [-0.05, 0) is 50.5 Å². The van der Waals surface area contributed by atoms with E-state index in [0.717, 1.165) is 17.9 Å². The molecule has 1 unspecified atom stereocenters. The maximum Gasteiger partial charge on any atom is 0.357 e. The van der Waals surface area contributed by atoms with Crippen LogP contribution < -0.4 is 10.6 Å². The van der Waals surface area contributed by atoms with E-state index in [0.29, 0.717) is 6.04 Å². The second-order valence-electron chi connectivity index (χ2n) is 6.33. The van der Waals surface area contributed by atoms with Crippen LogP contribution in [0.2, 0.25) is 0 Å². The SMILES string of the molecule is COC(=O)c1c(N)c(C#N)cn1-c1ccc(N2CCCCC2C)cc1. The molecule has 0 saturated carbocycles. The summed E-state index contributed by atoms with van der Waals surface area (Å²) in [7, 11) is 1.30. The van der Waals surface area contributed by atoms with E-state index in [4.69, 9.17) is 10.5 Å². The number of nitrogen functional groups attached to an aromatic ring is 1. The van der Waals surface area contributed by atoms with Crippen LogP contribution in [-0.2, 0) is 4.74 Å². The van der Waals surface area contributed by atoms with E-state index >= 15 is 0 Å². The number of hydrogen-bond donors (Lipinski definition) is 1. The smallest absolute Gasteiger partial charge is 0.357 e. The minimum atomic E-state index is -0.562. The molecule has 0 radical (unpaired) electrons. The maximum atomic E-state index is 12.1. The number of carbonyl (C=O) groups excluding carboxylic acids is 1. The van der Waals surface area contributed by atoms with Crippen LogP contribution in [0.5, 0.6) is 0 Å². The molecule has 0 amide bonds. The lowest BCUT2D eigenvalue weighted by molar-refractivity contribution is 0.0593. The number of ether oxygens (including phenoxy) is 1. The van der Waals surface area contributed by atoms with E-state index in [9.17, 15) is 10.1 Å². The molecule has 0 spiro atoms. The van der Waals surface area contributed by atoms with Gasteiger partial charge in [-0.3, -0.25) is 0 Å². The fraction of sp³-hybridized carbons (Fsp3) is 0.368. The van der Waals surface area contributed by atoms with Crippen molar-refractivity contribution >= 4 is 17.3 Å². The van der Waals surface area contributed by atoms with E-state index in [-0.39, 0.29) is 16.9 Å². The first-order valence-electron chi connectivity index (χ1n) is 8.43. The molecule has 1 aliphatic rings. The summed E-state index contributed by atoms with van der Waals surface area (Å²) in [5.41, 5.74) is 8.45. The summed E-state index contributed by atoms with van der Waals surface area (Å²) in [5, 5.41) is 9.20. The predicted molar refractivity (Wildman–Crippen MR) is 96.9 cm³/mol. The Kier molecular flexibility index (Phi) is 4.66.